The van der Waals surface area contributed by atoms with E-state index >= 15 is 0 Å². The summed E-state index contributed by atoms with van der Waals surface area (Å²) in [4.78, 5) is 23.1. The van der Waals surface area contributed by atoms with Gasteiger partial charge in [-0.15, -0.1) is 11.3 Å². The molecule has 0 aromatic carbocycles. The van der Waals surface area contributed by atoms with E-state index in [0.717, 1.165) is 57.1 Å². The third-order valence-electron chi connectivity index (χ3n) is 5.10. The van der Waals surface area contributed by atoms with Gasteiger partial charge in [0.2, 0.25) is 5.91 Å². The third-order valence-corrected chi connectivity index (χ3v) is 6.29. The van der Waals surface area contributed by atoms with Gasteiger partial charge in [-0.25, -0.2) is 4.98 Å². The van der Waals surface area contributed by atoms with Crippen molar-refractivity contribution in [2.45, 2.75) is 45.4 Å². The summed E-state index contributed by atoms with van der Waals surface area (Å²) in [7, 11) is 1.83. The minimum atomic E-state index is 0.0913. The molecule has 3 heterocycles. The topological polar surface area (TPSA) is 69.6 Å². The molecule has 1 aromatic heterocycles. The van der Waals surface area contributed by atoms with Crippen LogP contribution in [0.2, 0.25) is 0 Å². The maximum atomic E-state index is 11.7. The van der Waals surface area contributed by atoms with Crippen molar-refractivity contribution in [3.8, 4) is 0 Å². The van der Waals surface area contributed by atoms with Crippen LogP contribution < -0.4 is 10.6 Å². The molecule has 2 saturated heterocycles. The van der Waals surface area contributed by atoms with Crippen LogP contribution in [0.15, 0.2) is 10.4 Å². The number of thiazole rings is 1. The molecule has 6 nitrogen and oxygen atoms in total. The zero-order valence-electron chi connectivity index (χ0n) is 15.5. The van der Waals surface area contributed by atoms with Crippen LogP contribution in [0.25, 0.3) is 0 Å². The second kappa shape index (κ2) is 7.72. The molecule has 1 atom stereocenters. The van der Waals surface area contributed by atoms with E-state index in [4.69, 9.17) is 4.98 Å². The maximum Gasteiger partial charge on any atom is 0.220 e. The van der Waals surface area contributed by atoms with Gasteiger partial charge in [0, 0.05) is 62.8 Å². The summed E-state index contributed by atoms with van der Waals surface area (Å²) >= 11 is 1.74. The second-order valence-electron chi connectivity index (χ2n) is 7.53. The number of nitrogens with zero attached hydrogens (tertiary/aromatic N) is 3. The van der Waals surface area contributed by atoms with E-state index in [1.54, 1.807) is 11.3 Å². The molecule has 1 amide bonds. The highest BCUT2D eigenvalue weighted by molar-refractivity contribution is 7.09. The van der Waals surface area contributed by atoms with Crippen LogP contribution in [0, 0.1) is 5.41 Å². The fourth-order valence-corrected chi connectivity index (χ4v) is 4.64. The summed E-state index contributed by atoms with van der Waals surface area (Å²) < 4.78 is 0. The van der Waals surface area contributed by atoms with Crippen LogP contribution in [0.3, 0.4) is 0 Å². The molecule has 2 N–H and O–H groups in total. The van der Waals surface area contributed by atoms with Crippen molar-refractivity contribution in [2.75, 3.05) is 33.2 Å². The van der Waals surface area contributed by atoms with Crippen molar-refractivity contribution in [1.29, 1.82) is 0 Å². The van der Waals surface area contributed by atoms with E-state index in [9.17, 15) is 4.79 Å². The lowest BCUT2D eigenvalue weighted by Gasteiger charge is -2.40. The smallest absolute Gasteiger partial charge is 0.220 e. The minimum absolute atomic E-state index is 0.0913. The maximum absolute atomic E-state index is 11.7. The van der Waals surface area contributed by atoms with E-state index in [1.807, 2.05) is 7.05 Å². The first-order valence-electron chi connectivity index (χ1n) is 9.18. The van der Waals surface area contributed by atoms with E-state index in [0.29, 0.717) is 12.3 Å². The first-order valence-corrected chi connectivity index (χ1v) is 10.1. The van der Waals surface area contributed by atoms with Crippen LogP contribution in [0.4, 0.5) is 0 Å². The van der Waals surface area contributed by atoms with Crippen molar-refractivity contribution >= 4 is 23.2 Å². The van der Waals surface area contributed by atoms with Crippen molar-refractivity contribution in [2.24, 2.45) is 10.4 Å². The van der Waals surface area contributed by atoms with Gasteiger partial charge in [-0.1, -0.05) is 13.8 Å². The predicted octanol–water partition coefficient (Wildman–Crippen LogP) is 1.99. The molecule has 3 rings (SSSR count). The lowest BCUT2D eigenvalue weighted by molar-refractivity contribution is -0.119. The number of carbonyl (C=O) groups excluding carboxylic acids is 1. The summed E-state index contributed by atoms with van der Waals surface area (Å²) in [5, 5.41) is 9.84. The highest BCUT2D eigenvalue weighted by Crippen LogP contribution is 2.35. The molecule has 25 heavy (non-hydrogen) atoms. The number of likely N-dealkylation sites (tertiary alicyclic amines) is 1. The van der Waals surface area contributed by atoms with E-state index < -0.39 is 0 Å². The molecule has 2 aliphatic rings. The summed E-state index contributed by atoms with van der Waals surface area (Å²) in [6.45, 7) is 7.89. The number of rotatable bonds is 4. The van der Waals surface area contributed by atoms with Gasteiger partial charge >= 0.3 is 0 Å². The molecule has 0 bridgehead atoms. The third kappa shape index (κ3) is 4.32. The Morgan fingerprint density at radius 2 is 2.40 bits per heavy atom. The summed E-state index contributed by atoms with van der Waals surface area (Å²) in [6, 6.07) is 0. The number of hydrogen-bond acceptors (Lipinski definition) is 4. The zero-order chi connectivity index (χ0) is 17.9. The Kier molecular flexibility index (Phi) is 5.61. The second-order valence-corrected chi connectivity index (χ2v) is 8.42. The van der Waals surface area contributed by atoms with Crippen LogP contribution in [0.5, 0.6) is 0 Å². The van der Waals surface area contributed by atoms with E-state index in [1.165, 1.54) is 5.01 Å². The summed E-state index contributed by atoms with van der Waals surface area (Å²) in [6.07, 6.45) is 3.79. The number of aliphatic imine (C=N–C) groups is 1. The normalized spacial score (nSPS) is 24.2. The highest BCUT2D eigenvalue weighted by atomic mass is 32.1. The zero-order valence-corrected chi connectivity index (χ0v) is 16.3. The number of aromatic nitrogens is 1. The van der Waals surface area contributed by atoms with Gasteiger partial charge in [-0.2, -0.15) is 0 Å². The molecule has 7 heteroatoms. The van der Waals surface area contributed by atoms with E-state index in [-0.39, 0.29) is 11.3 Å². The standard InChI is InChI=1S/C18H29N5OS/c1-13(2)16-22-14(10-25-16)5-7-20-17(19-3)23-8-4-6-18(12-23)9-15(24)21-11-18/h10,13H,4-9,11-12H2,1-3H3,(H,19,20)(H,21,24). The lowest BCUT2D eigenvalue weighted by Crippen LogP contribution is -2.51. The van der Waals surface area contributed by atoms with Gasteiger partial charge in [-0.05, 0) is 12.8 Å². The first-order chi connectivity index (χ1) is 12.0. The van der Waals surface area contributed by atoms with Crippen LogP contribution in [-0.4, -0.2) is 55.0 Å². The van der Waals surface area contributed by atoms with Crippen molar-refractivity contribution in [3.63, 3.8) is 0 Å². The van der Waals surface area contributed by atoms with Crippen molar-refractivity contribution in [1.82, 2.24) is 20.5 Å². The number of nitrogens with one attached hydrogen (secondary N) is 2. The SMILES string of the molecule is CN=C(NCCc1csc(C(C)C)n1)N1CCCC2(CNC(=O)C2)C1. The Bertz CT molecular complexity index is 641. The Labute approximate surface area is 154 Å². The number of amides is 1. The van der Waals surface area contributed by atoms with Crippen LogP contribution in [-0.2, 0) is 11.2 Å². The molecule has 0 aliphatic carbocycles. The molecule has 2 fully saturated rings. The minimum Gasteiger partial charge on any atom is -0.356 e. The molecular formula is C18H29N5OS. The highest BCUT2D eigenvalue weighted by Gasteiger charge is 2.42. The summed E-state index contributed by atoms with van der Waals surface area (Å²) in [5.41, 5.74) is 1.24. The van der Waals surface area contributed by atoms with Gasteiger partial charge in [0.15, 0.2) is 5.96 Å². The number of guanidine groups is 1. The van der Waals surface area contributed by atoms with Crippen LogP contribution in [0.1, 0.15) is 49.7 Å². The lowest BCUT2D eigenvalue weighted by atomic mass is 9.79. The Morgan fingerprint density at radius 3 is 3.04 bits per heavy atom. The van der Waals surface area contributed by atoms with Gasteiger partial charge in [-0.3, -0.25) is 9.79 Å². The average Bonchev–Trinajstić information content (AvgIpc) is 3.19. The fraction of sp³-hybridized carbons (Fsp3) is 0.722. The number of piperidine rings is 1. The first kappa shape index (κ1) is 18.2. The predicted molar refractivity (Wildman–Crippen MR) is 102 cm³/mol. The summed E-state index contributed by atoms with van der Waals surface area (Å²) in [5.74, 6) is 1.62. The molecule has 2 aliphatic heterocycles. The van der Waals surface area contributed by atoms with Gasteiger partial charge < -0.3 is 15.5 Å². The average molecular weight is 364 g/mol. The monoisotopic (exact) mass is 363 g/mol. The Hall–Kier alpha value is -1.63. The molecule has 1 spiro atoms. The van der Waals surface area contributed by atoms with Crippen molar-refractivity contribution in [3.05, 3.63) is 16.1 Å². The fourth-order valence-electron chi connectivity index (χ4n) is 3.77. The number of hydrogen-bond donors (Lipinski definition) is 2. The molecule has 0 radical (unpaired) electrons. The van der Waals surface area contributed by atoms with Gasteiger partial charge in [0.1, 0.15) is 0 Å². The van der Waals surface area contributed by atoms with Gasteiger partial charge in [0.05, 0.1) is 10.7 Å². The molecule has 0 saturated carbocycles. The molecular weight excluding hydrogens is 334 g/mol. The Balaban J connectivity index is 1.52. The van der Waals surface area contributed by atoms with Gasteiger partial charge in [0.25, 0.3) is 0 Å². The van der Waals surface area contributed by atoms with Crippen LogP contribution >= 0.6 is 11.3 Å². The van der Waals surface area contributed by atoms with E-state index in [2.05, 4.69) is 39.8 Å². The number of carbonyl (C=O) groups is 1. The largest absolute Gasteiger partial charge is 0.356 e. The Morgan fingerprint density at radius 1 is 1.56 bits per heavy atom. The molecule has 1 unspecified atom stereocenters. The molecule has 138 valence electrons. The van der Waals surface area contributed by atoms with Crippen molar-refractivity contribution < 1.29 is 4.79 Å². The molecule has 1 aromatic rings. The quantitative estimate of drug-likeness (QED) is 0.634.